The molecule has 2 aromatic carbocycles. The van der Waals surface area contributed by atoms with Crippen LogP contribution in [0.15, 0.2) is 47.4 Å². The third-order valence-corrected chi connectivity index (χ3v) is 9.65. The molecule has 0 saturated heterocycles. The highest BCUT2D eigenvalue weighted by atomic mass is 32.2. The van der Waals surface area contributed by atoms with Crippen molar-refractivity contribution in [2.75, 3.05) is 5.75 Å². The number of alkyl halides is 5. The van der Waals surface area contributed by atoms with Crippen molar-refractivity contribution in [3.05, 3.63) is 53.6 Å². The van der Waals surface area contributed by atoms with E-state index in [1.165, 1.54) is 5.56 Å². The quantitative estimate of drug-likeness (QED) is 0.132. The first kappa shape index (κ1) is 33.0. The van der Waals surface area contributed by atoms with Crippen LogP contribution in [0.25, 0.3) is 0 Å². The molecule has 0 bridgehead atoms. The number of carboxylic acids is 1. The van der Waals surface area contributed by atoms with E-state index in [2.05, 4.69) is 6.92 Å². The van der Waals surface area contributed by atoms with Gasteiger partial charge in [-0.3, -0.25) is 4.79 Å². The molecule has 10 heteroatoms. The van der Waals surface area contributed by atoms with Gasteiger partial charge in [-0.25, -0.2) is 22.0 Å². The zero-order chi connectivity index (χ0) is 30.2. The molecule has 0 amide bonds. The zero-order valence-electron chi connectivity index (χ0n) is 23.1. The van der Waals surface area contributed by atoms with Crippen LogP contribution in [-0.2, 0) is 10.2 Å². The molecule has 228 valence electrons. The Balaban J connectivity index is 1.48. The third-order valence-electron chi connectivity index (χ3n) is 8.24. The van der Waals surface area contributed by atoms with Gasteiger partial charge in [-0.1, -0.05) is 63.6 Å². The Morgan fingerprint density at radius 2 is 1.51 bits per heavy atom. The lowest BCUT2D eigenvalue weighted by molar-refractivity contribution is -0.143. The number of halogens is 5. The van der Waals surface area contributed by atoms with Crippen LogP contribution in [0.2, 0.25) is 0 Å². The molecule has 0 aliphatic carbocycles. The second-order valence-corrected chi connectivity index (χ2v) is 12.3. The first-order valence-corrected chi connectivity index (χ1v) is 15.1. The average Bonchev–Trinajstić information content (AvgIpc) is 2.93. The molecule has 0 fully saturated rings. The number of benzene rings is 2. The van der Waals surface area contributed by atoms with E-state index < -0.39 is 43.2 Å². The molecule has 2 aromatic rings. The highest BCUT2D eigenvalue weighted by Crippen LogP contribution is 2.52. The van der Waals surface area contributed by atoms with Crippen LogP contribution in [-0.4, -0.2) is 52.0 Å². The Morgan fingerprint density at radius 3 is 2.15 bits per heavy atom. The molecule has 1 heterocycles. The van der Waals surface area contributed by atoms with Crippen molar-refractivity contribution < 1.29 is 42.1 Å². The summed E-state index contributed by atoms with van der Waals surface area (Å²) < 4.78 is 65.2. The summed E-state index contributed by atoms with van der Waals surface area (Å²) in [4.78, 5) is 12.5. The minimum Gasteiger partial charge on any atom is -0.508 e. The van der Waals surface area contributed by atoms with Gasteiger partial charge >= 0.3 is 5.97 Å². The Bertz CT molecular complexity index is 1120. The number of unbranched alkanes of at least 4 members (excludes halogenated alkanes) is 5. The van der Waals surface area contributed by atoms with Gasteiger partial charge in [0.05, 0.1) is 5.92 Å². The van der Waals surface area contributed by atoms with Crippen molar-refractivity contribution in [2.45, 2.75) is 106 Å². The summed E-state index contributed by atoms with van der Waals surface area (Å²) in [6, 6.07) is 12.9. The number of hydrogen-bond donors (Lipinski definition) is 3. The Labute approximate surface area is 242 Å². The molecule has 3 rings (SSSR count). The monoisotopic (exact) mass is 602 g/mol. The van der Waals surface area contributed by atoms with Crippen molar-refractivity contribution in [2.24, 2.45) is 5.92 Å². The zero-order valence-corrected chi connectivity index (χ0v) is 23.9. The predicted molar refractivity (Wildman–Crippen MR) is 150 cm³/mol. The van der Waals surface area contributed by atoms with E-state index >= 15 is 0 Å². The number of phenolic OH excluding ortho intramolecular Hbond substituents is 2. The van der Waals surface area contributed by atoms with Gasteiger partial charge in [0.1, 0.15) is 17.7 Å². The van der Waals surface area contributed by atoms with Crippen LogP contribution in [0.4, 0.5) is 22.0 Å². The SMILES string of the molecule is CC1(c2ccc(O)cc2)CSc2cc(O)ccc2C1CCCCCCCCC(CC(F)C(F)C(F)C(F)F)C(=O)O. The molecule has 0 saturated carbocycles. The van der Waals surface area contributed by atoms with E-state index in [-0.39, 0.29) is 29.3 Å². The van der Waals surface area contributed by atoms with Crippen LogP contribution in [0.1, 0.15) is 81.8 Å². The van der Waals surface area contributed by atoms with Gasteiger partial charge in [-0.05, 0) is 60.6 Å². The summed E-state index contributed by atoms with van der Waals surface area (Å²) in [5.74, 6) is -1.10. The number of carbonyl (C=O) groups is 1. The van der Waals surface area contributed by atoms with Gasteiger partial charge in [0.25, 0.3) is 6.43 Å². The van der Waals surface area contributed by atoms with Gasteiger partial charge in [-0.15, -0.1) is 11.8 Å². The van der Waals surface area contributed by atoms with Crippen LogP contribution < -0.4 is 0 Å². The summed E-state index contributed by atoms with van der Waals surface area (Å²) >= 11 is 1.72. The molecule has 4 nitrogen and oxygen atoms in total. The number of rotatable bonds is 16. The van der Waals surface area contributed by atoms with E-state index in [1.54, 1.807) is 36.0 Å². The van der Waals surface area contributed by atoms with E-state index in [9.17, 15) is 42.1 Å². The fourth-order valence-corrected chi connectivity index (χ4v) is 7.14. The maximum atomic E-state index is 13.9. The van der Waals surface area contributed by atoms with Crippen molar-refractivity contribution in [1.29, 1.82) is 0 Å². The standard InChI is InChI=1S/C31H39F5O4S/c1-31(20-10-12-21(37)13-11-20)18-41-26-17-22(38)14-15-23(26)24(31)9-7-5-3-2-4-6-8-19(30(39)40)16-25(32)27(33)28(34)29(35)36/h10-15,17,19,24-25,27-29,37-38H,2-9,16,18H2,1H3,(H,39,40). The molecule has 6 atom stereocenters. The maximum Gasteiger partial charge on any atom is 0.306 e. The topological polar surface area (TPSA) is 77.8 Å². The number of hydrogen-bond acceptors (Lipinski definition) is 4. The predicted octanol–water partition coefficient (Wildman–Crippen LogP) is 8.74. The molecule has 41 heavy (non-hydrogen) atoms. The van der Waals surface area contributed by atoms with E-state index in [0.717, 1.165) is 48.3 Å². The Kier molecular flexibility index (Phi) is 12.2. The molecule has 6 unspecified atom stereocenters. The first-order chi connectivity index (χ1) is 19.4. The Morgan fingerprint density at radius 1 is 0.902 bits per heavy atom. The molecule has 3 N–H and O–H groups in total. The van der Waals surface area contributed by atoms with E-state index in [4.69, 9.17) is 0 Å². The molecular weight excluding hydrogens is 563 g/mol. The number of fused-ring (bicyclic) bond motifs is 1. The van der Waals surface area contributed by atoms with Crippen molar-refractivity contribution >= 4 is 17.7 Å². The van der Waals surface area contributed by atoms with E-state index in [1.807, 2.05) is 18.2 Å². The second kappa shape index (κ2) is 15.1. The minimum atomic E-state index is -3.66. The second-order valence-electron chi connectivity index (χ2n) is 11.2. The maximum absolute atomic E-state index is 13.9. The number of aliphatic carboxylic acids is 1. The molecule has 1 aliphatic rings. The summed E-state index contributed by atoms with van der Waals surface area (Å²) in [5.41, 5.74) is 2.17. The number of thioether (sulfide) groups is 1. The summed E-state index contributed by atoms with van der Waals surface area (Å²) in [7, 11) is 0. The van der Waals surface area contributed by atoms with Gasteiger partial charge < -0.3 is 15.3 Å². The van der Waals surface area contributed by atoms with Crippen LogP contribution in [0, 0.1) is 5.92 Å². The lowest BCUT2D eigenvalue weighted by Gasteiger charge is -2.43. The number of aromatic hydroxyl groups is 2. The van der Waals surface area contributed by atoms with Crippen molar-refractivity contribution in [3.8, 4) is 11.5 Å². The smallest absolute Gasteiger partial charge is 0.306 e. The highest BCUT2D eigenvalue weighted by Gasteiger charge is 2.41. The normalized spacial score (nSPS) is 21.7. The third kappa shape index (κ3) is 8.75. The molecule has 0 aromatic heterocycles. The first-order valence-electron chi connectivity index (χ1n) is 14.1. The van der Waals surface area contributed by atoms with Crippen LogP contribution >= 0.6 is 11.8 Å². The Hall–Kier alpha value is -2.49. The fraction of sp³-hybridized carbons (Fsp3) is 0.581. The van der Waals surface area contributed by atoms with Gasteiger partial charge in [0, 0.05) is 16.1 Å². The minimum absolute atomic E-state index is 0.0719. The highest BCUT2D eigenvalue weighted by molar-refractivity contribution is 7.99. The van der Waals surface area contributed by atoms with Gasteiger partial charge in [0.2, 0.25) is 0 Å². The lowest BCUT2D eigenvalue weighted by atomic mass is 9.68. The largest absolute Gasteiger partial charge is 0.508 e. The average molecular weight is 603 g/mol. The molecule has 1 aliphatic heterocycles. The summed E-state index contributed by atoms with van der Waals surface area (Å²) in [6.45, 7) is 2.24. The van der Waals surface area contributed by atoms with Gasteiger partial charge in [-0.2, -0.15) is 0 Å². The van der Waals surface area contributed by atoms with Crippen molar-refractivity contribution in [1.82, 2.24) is 0 Å². The molecular formula is C31H39F5O4S. The summed E-state index contributed by atoms with van der Waals surface area (Å²) in [6.07, 6.45) is -7.61. The van der Waals surface area contributed by atoms with Crippen LogP contribution in [0.3, 0.4) is 0 Å². The summed E-state index contributed by atoms with van der Waals surface area (Å²) in [5, 5.41) is 29.1. The number of phenols is 2. The lowest BCUT2D eigenvalue weighted by Crippen LogP contribution is -2.36. The fourth-order valence-electron chi connectivity index (χ4n) is 5.74. The van der Waals surface area contributed by atoms with Crippen LogP contribution in [0.5, 0.6) is 11.5 Å². The van der Waals surface area contributed by atoms with Crippen molar-refractivity contribution in [3.63, 3.8) is 0 Å². The number of carboxylic acid groups (broad SMARTS) is 1. The van der Waals surface area contributed by atoms with Gasteiger partial charge in [0.15, 0.2) is 12.3 Å². The molecule has 0 radical (unpaired) electrons. The van der Waals surface area contributed by atoms with E-state index in [0.29, 0.717) is 12.8 Å². The molecule has 0 spiro atoms.